The van der Waals surface area contributed by atoms with Crippen molar-refractivity contribution >= 4 is 28.4 Å². The van der Waals surface area contributed by atoms with Crippen molar-refractivity contribution in [2.45, 2.75) is 40.4 Å². The molecular formula is C14H24IN3O2. The molecule has 1 N–H and O–H groups in total. The van der Waals surface area contributed by atoms with E-state index >= 15 is 0 Å². The first kappa shape index (κ1) is 17.6. The van der Waals surface area contributed by atoms with E-state index in [0.29, 0.717) is 19.1 Å². The van der Waals surface area contributed by atoms with Crippen LogP contribution in [0, 0.1) is 9.49 Å². The van der Waals surface area contributed by atoms with Gasteiger partial charge in [-0.05, 0) is 42.4 Å². The molecule has 114 valence electrons. The van der Waals surface area contributed by atoms with Crippen molar-refractivity contribution in [2.24, 2.45) is 5.92 Å². The van der Waals surface area contributed by atoms with Gasteiger partial charge in [0.05, 0.1) is 15.9 Å². The summed E-state index contributed by atoms with van der Waals surface area (Å²) in [6.07, 6.45) is -0.0926. The predicted octanol–water partition coefficient (Wildman–Crippen LogP) is 3.39. The Kier molecular flexibility index (Phi) is 7.68. The van der Waals surface area contributed by atoms with E-state index < -0.39 is 0 Å². The number of methoxy groups -OCH3 is 1. The molecule has 0 aliphatic carbocycles. The number of nitrogens with zero attached hydrogens (tertiary/aromatic N) is 2. The van der Waals surface area contributed by atoms with Gasteiger partial charge in [0, 0.05) is 20.3 Å². The Morgan fingerprint density at radius 2 is 1.95 bits per heavy atom. The summed E-state index contributed by atoms with van der Waals surface area (Å²) in [5.41, 5.74) is 0.902. The Hall–Kier alpha value is -0.470. The van der Waals surface area contributed by atoms with E-state index in [2.05, 4.69) is 58.6 Å². The normalized spacial score (nSPS) is 12.8. The molecule has 1 aromatic heterocycles. The summed E-state index contributed by atoms with van der Waals surface area (Å²) in [6, 6.07) is 0. The monoisotopic (exact) mass is 393 g/mol. The molecule has 1 unspecified atom stereocenters. The number of halogens is 1. The molecule has 0 amide bonds. The van der Waals surface area contributed by atoms with Crippen molar-refractivity contribution in [3.05, 3.63) is 15.1 Å². The summed E-state index contributed by atoms with van der Waals surface area (Å²) >= 11 is 2.26. The van der Waals surface area contributed by atoms with Gasteiger partial charge >= 0.3 is 0 Å². The van der Waals surface area contributed by atoms with E-state index in [1.165, 1.54) is 0 Å². The third-order valence-corrected chi connectivity index (χ3v) is 3.90. The van der Waals surface area contributed by atoms with E-state index in [0.717, 1.165) is 27.5 Å². The van der Waals surface area contributed by atoms with Crippen LogP contribution in [0.5, 0.6) is 0 Å². The highest BCUT2D eigenvalue weighted by atomic mass is 127. The molecule has 0 aliphatic heterocycles. The minimum atomic E-state index is -0.0926. The molecule has 0 radical (unpaired) electrons. The molecule has 5 nitrogen and oxygen atoms in total. The van der Waals surface area contributed by atoms with E-state index in [1.807, 2.05) is 6.92 Å². The average molecular weight is 393 g/mol. The van der Waals surface area contributed by atoms with Crippen LogP contribution in [0.2, 0.25) is 0 Å². The van der Waals surface area contributed by atoms with Crippen LogP contribution >= 0.6 is 22.6 Å². The van der Waals surface area contributed by atoms with Crippen LogP contribution in [0.1, 0.15) is 45.3 Å². The van der Waals surface area contributed by atoms with Gasteiger partial charge in [0.2, 0.25) is 0 Å². The highest BCUT2D eigenvalue weighted by Gasteiger charge is 2.22. The van der Waals surface area contributed by atoms with Gasteiger partial charge in [0.25, 0.3) is 0 Å². The Bertz CT molecular complexity index is 400. The largest absolute Gasteiger partial charge is 0.378 e. The zero-order valence-electron chi connectivity index (χ0n) is 12.9. The molecule has 0 saturated heterocycles. The summed E-state index contributed by atoms with van der Waals surface area (Å²) in [7, 11) is 1.67. The molecule has 1 rings (SSSR count). The number of aromatic nitrogens is 2. The summed E-state index contributed by atoms with van der Waals surface area (Å²) in [6.45, 7) is 10.2. The van der Waals surface area contributed by atoms with Gasteiger partial charge in [-0.2, -0.15) is 0 Å². The summed E-state index contributed by atoms with van der Waals surface area (Å²) in [5.74, 6) is 1.90. The maximum Gasteiger partial charge on any atom is 0.160 e. The average Bonchev–Trinajstić information content (AvgIpc) is 2.40. The van der Waals surface area contributed by atoms with Crippen LogP contribution in [0.15, 0.2) is 0 Å². The maximum absolute atomic E-state index is 5.80. The third-order valence-electron chi connectivity index (χ3n) is 2.77. The molecular weight excluding hydrogens is 369 g/mol. The highest BCUT2D eigenvalue weighted by molar-refractivity contribution is 14.1. The molecule has 1 aromatic rings. The van der Waals surface area contributed by atoms with Crippen LogP contribution in [0.25, 0.3) is 0 Å². The minimum absolute atomic E-state index is 0.0926. The Morgan fingerprint density at radius 1 is 1.25 bits per heavy atom. The van der Waals surface area contributed by atoms with Crippen LogP contribution in [-0.4, -0.2) is 30.2 Å². The van der Waals surface area contributed by atoms with Gasteiger partial charge < -0.3 is 14.8 Å². The van der Waals surface area contributed by atoms with Crippen LogP contribution in [0.4, 0.5) is 5.82 Å². The van der Waals surface area contributed by atoms with Crippen LogP contribution in [0.3, 0.4) is 0 Å². The molecule has 0 bridgehead atoms. The first-order valence-electron chi connectivity index (χ1n) is 6.95. The smallest absolute Gasteiger partial charge is 0.160 e. The Labute approximate surface area is 135 Å². The molecule has 0 spiro atoms. The lowest BCUT2D eigenvalue weighted by Crippen LogP contribution is -2.18. The molecule has 0 aromatic carbocycles. The summed E-state index contributed by atoms with van der Waals surface area (Å²) in [4.78, 5) is 9.27. The third kappa shape index (κ3) is 4.53. The number of hydrogen-bond donors (Lipinski definition) is 1. The molecule has 0 fully saturated rings. The predicted molar refractivity (Wildman–Crippen MR) is 88.8 cm³/mol. The fraction of sp³-hybridized carbons (Fsp3) is 0.714. The van der Waals surface area contributed by atoms with E-state index in [4.69, 9.17) is 9.47 Å². The van der Waals surface area contributed by atoms with Crippen molar-refractivity contribution in [3.8, 4) is 0 Å². The zero-order chi connectivity index (χ0) is 15.1. The second kappa shape index (κ2) is 8.74. The number of anilines is 1. The van der Waals surface area contributed by atoms with Crippen LogP contribution in [-0.2, 0) is 16.1 Å². The number of hydrogen-bond acceptors (Lipinski definition) is 5. The fourth-order valence-corrected chi connectivity index (χ4v) is 2.49. The lowest BCUT2D eigenvalue weighted by atomic mass is 10.1. The fourth-order valence-electron chi connectivity index (χ4n) is 1.90. The topological polar surface area (TPSA) is 56.3 Å². The number of ether oxygens (including phenoxy) is 2. The maximum atomic E-state index is 5.80. The van der Waals surface area contributed by atoms with Crippen LogP contribution < -0.4 is 5.32 Å². The van der Waals surface area contributed by atoms with E-state index in [-0.39, 0.29) is 6.10 Å². The van der Waals surface area contributed by atoms with Crippen molar-refractivity contribution in [1.29, 1.82) is 0 Å². The zero-order valence-corrected chi connectivity index (χ0v) is 15.0. The standard InChI is InChI=1S/C14H24IN3O2/c1-6-16-13-11(15)10(8-19-5)17-14(18-13)12(9(3)4)20-7-2/h9,12H,6-8H2,1-5H3,(H,16,17,18). The number of nitrogens with one attached hydrogen (secondary N) is 1. The van der Waals surface area contributed by atoms with Gasteiger partial charge in [-0.25, -0.2) is 9.97 Å². The molecule has 1 heterocycles. The molecule has 0 saturated carbocycles. The molecule has 1 atom stereocenters. The van der Waals surface area contributed by atoms with Crippen molar-refractivity contribution in [2.75, 3.05) is 25.6 Å². The van der Waals surface area contributed by atoms with Gasteiger partial charge in [0.15, 0.2) is 5.82 Å². The first-order valence-corrected chi connectivity index (χ1v) is 8.03. The molecule has 20 heavy (non-hydrogen) atoms. The molecule has 6 heteroatoms. The van der Waals surface area contributed by atoms with Crippen molar-refractivity contribution < 1.29 is 9.47 Å². The lowest BCUT2D eigenvalue weighted by Gasteiger charge is -2.21. The second-order valence-electron chi connectivity index (χ2n) is 4.77. The Morgan fingerprint density at radius 3 is 2.45 bits per heavy atom. The number of rotatable bonds is 8. The van der Waals surface area contributed by atoms with Gasteiger partial charge in [-0.15, -0.1) is 0 Å². The van der Waals surface area contributed by atoms with E-state index in [1.54, 1.807) is 7.11 Å². The first-order chi connectivity index (χ1) is 9.54. The SMILES string of the molecule is CCNc1nc(C(OCC)C(C)C)nc(COC)c1I. The van der Waals surface area contributed by atoms with E-state index in [9.17, 15) is 0 Å². The summed E-state index contributed by atoms with van der Waals surface area (Å²) < 4.78 is 12.0. The van der Waals surface area contributed by atoms with Crippen molar-refractivity contribution in [3.63, 3.8) is 0 Å². The quantitative estimate of drug-likeness (QED) is 0.687. The molecule has 0 aliphatic rings. The Balaban J connectivity index is 3.23. The second-order valence-corrected chi connectivity index (χ2v) is 5.85. The van der Waals surface area contributed by atoms with Gasteiger partial charge in [0.1, 0.15) is 11.9 Å². The lowest BCUT2D eigenvalue weighted by molar-refractivity contribution is 0.0228. The minimum Gasteiger partial charge on any atom is -0.378 e. The van der Waals surface area contributed by atoms with Gasteiger partial charge in [-0.3, -0.25) is 0 Å². The van der Waals surface area contributed by atoms with Crippen molar-refractivity contribution in [1.82, 2.24) is 9.97 Å². The highest BCUT2D eigenvalue weighted by Crippen LogP contribution is 2.27. The summed E-state index contributed by atoms with van der Waals surface area (Å²) in [5, 5.41) is 3.28. The van der Waals surface area contributed by atoms with Gasteiger partial charge in [-0.1, -0.05) is 13.8 Å².